The van der Waals surface area contributed by atoms with Crippen LogP contribution >= 0.6 is 0 Å². The Morgan fingerprint density at radius 3 is 2.37 bits per heavy atom. The summed E-state index contributed by atoms with van der Waals surface area (Å²) in [4.78, 5) is 4.39. The summed E-state index contributed by atoms with van der Waals surface area (Å²) in [5, 5.41) is 8.41. The number of aromatic nitrogens is 4. The molecule has 0 fully saturated rings. The second kappa shape index (κ2) is 7.84. The molecule has 2 aromatic heterocycles. The highest BCUT2D eigenvalue weighted by Gasteiger charge is 2.33. The molecule has 3 aromatic rings. The van der Waals surface area contributed by atoms with E-state index in [1.165, 1.54) is 7.11 Å². The number of ether oxygens (including phenoxy) is 1. The highest BCUT2D eigenvalue weighted by molar-refractivity contribution is 7.89. The van der Waals surface area contributed by atoms with E-state index in [2.05, 4.69) is 20.0 Å². The van der Waals surface area contributed by atoms with Crippen molar-refractivity contribution in [2.24, 2.45) is 0 Å². The fraction of sp³-hybridized carbons (Fsp3) is 0.450. The van der Waals surface area contributed by atoms with Crippen molar-refractivity contribution >= 4 is 10.0 Å². The van der Waals surface area contributed by atoms with Gasteiger partial charge in [-0.15, -0.1) is 0 Å². The average Bonchev–Trinajstić information content (AvgIpc) is 3.22. The molecule has 0 aliphatic heterocycles. The Morgan fingerprint density at radius 1 is 1.17 bits per heavy atom. The van der Waals surface area contributed by atoms with Crippen molar-refractivity contribution in [3.05, 3.63) is 52.9 Å². The van der Waals surface area contributed by atoms with Crippen molar-refractivity contribution < 1.29 is 17.7 Å². The summed E-state index contributed by atoms with van der Waals surface area (Å²) in [7, 11) is -2.46. The maximum atomic E-state index is 13.5. The lowest BCUT2D eigenvalue weighted by atomic mass is 10.1. The molecule has 162 valence electrons. The molecule has 1 atom stereocenters. The molecule has 0 spiro atoms. The van der Waals surface area contributed by atoms with Crippen molar-refractivity contribution in [1.29, 1.82) is 0 Å². The van der Waals surface area contributed by atoms with Gasteiger partial charge < -0.3 is 9.26 Å². The predicted molar refractivity (Wildman–Crippen MR) is 111 cm³/mol. The van der Waals surface area contributed by atoms with Gasteiger partial charge in [0.1, 0.15) is 16.7 Å². The van der Waals surface area contributed by atoms with E-state index in [0.717, 1.165) is 0 Å². The van der Waals surface area contributed by atoms with Crippen LogP contribution in [0.15, 0.2) is 33.7 Å². The topological polar surface area (TPSA) is 112 Å². The lowest BCUT2D eigenvalue weighted by Crippen LogP contribution is -2.31. The minimum absolute atomic E-state index is 0.137. The smallest absolute Gasteiger partial charge is 0.245 e. The Kier molecular flexibility index (Phi) is 5.74. The van der Waals surface area contributed by atoms with Crippen LogP contribution in [-0.4, -0.2) is 35.4 Å². The fourth-order valence-corrected chi connectivity index (χ4v) is 5.04. The molecular formula is C20H27N5O4S. The zero-order valence-electron chi connectivity index (χ0n) is 18.2. The molecule has 9 nitrogen and oxygen atoms in total. The molecule has 30 heavy (non-hydrogen) atoms. The van der Waals surface area contributed by atoms with Gasteiger partial charge in [0, 0.05) is 12.5 Å². The van der Waals surface area contributed by atoms with Gasteiger partial charge in [-0.2, -0.15) is 14.8 Å². The fourth-order valence-electron chi connectivity index (χ4n) is 3.48. The monoisotopic (exact) mass is 433 g/mol. The summed E-state index contributed by atoms with van der Waals surface area (Å²) >= 11 is 0. The standard InChI is InChI=1S/C20H27N5O4S/c1-12-18(13(2)25(22-12)20(4,5)6)30(26,27)24-17(19-21-14(3)29-23-19)15-10-8-9-11-16(15)28-7/h8-11,17,24H,1-7H3. The number of hydrogen-bond donors (Lipinski definition) is 1. The largest absolute Gasteiger partial charge is 0.496 e. The number of aryl methyl sites for hydroxylation is 2. The molecular weight excluding hydrogens is 406 g/mol. The molecule has 0 radical (unpaired) electrons. The number of methoxy groups -OCH3 is 1. The van der Waals surface area contributed by atoms with Crippen LogP contribution in [0, 0.1) is 20.8 Å². The molecule has 0 aliphatic carbocycles. The normalized spacial score (nSPS) is 13.4. The summed E-state index contributed by atoms with van der Waals surface area (Å²) < 4.78 is 42.0. The first kappa shape index (κ1) is 22.0. The molecule has 1 N–H and O–H groups in total. The van der Waals surface area contributed by atoms with Crippen LogP contribution in [0.3, 0.4) is 0 Å². The van der Waals surface area contributed by atoms with Crippen molar-refractivity contribution in [2.75, 3.05) is 7.11 Å². The number of nitrogens with one attached hydrogen (secondary N) is 1. The SMILES string of the molecule is COc1ccccc1C(NS(=O)(=O)c1c(C)nn(C(C)(C)C)c1C)c1noc(C)n1. The number of hydrogen-bond acceptors (Lipinski definition) is 7. The van der Waals surface area contributed by atoms with Gasteiger partial charge >= 0.3 is 0 Å². The van der Waals surface area contributed by atoms with Gasteiger partial charge in [0.05, 0.1) is 24.0 Å². The lowest BCUT2D eigenvalue weighted by molar-refractivity contribution is 0.345. The van der Waals surface area contributed by atoms with Gasteiger partial charge in [-0.25, -0.2) is 8.42 Å². The molecule has 0 saturated carbocycles. The van der Waals surface area contributed by atoms with E-state index in [4.69, 9.17) is 9.26 Å². The lowest BCUT2D eigenvalue weighted by Gasteiger charge is -2.22. The van der Waals surface area contributed by atoms with Crippen LogP contribution < -0.4 is 9.46 Å². The van der Waals surface area contributed by atoms with E-state index in [1.54, 1.807) is 49.7 Å². The van der Waals surface area contributed by atoms with E-state index >= 15 is 0 Å². The zero-order valence-corrected chi connectivity index (χ0v) is 19.0. The summed E-state index contributed by atoms with van der Waals surface area (Å²) in [6, 6.07) is 6.20. The van der Waals surface area contributed by atoms with E-state index in [9.17, 15) is 8.42 Å². The van der Waals surface area contributed by atoms with Gasteiger partial charge in [-0.05, 0) is 40.7 Å². The minimum atomic E-state index is -3.98. The molecule has 1 unspecified atom stereocenters. The summed E-state index contributed by atoms with van der Waals surface area (Å²) in [6.07, 6.45) is 0. The van der Waals surface area contributed by atoms with Gasteiger partial charge in [0.2, 0.25) is 15.9 Å². The first-order valence-electron chi connectivity index (χ1n) is 9.48. The third-order valence-electron chi connectivity index (χ3n) is 4.65. The maximum absolute atomic E-state index is 13.5. The van der Waals surface area contributed by atoms with E-state index in [1.807, 2.05) is 20.8 Å². The number of benzene rings is 1. The Morgan fingerprint density at radius 2 is 1.83 bits per heavy atom. The van der Waals surface area contributed by atoms with Gasteiger partial charge in [-0.1, -0.05) is 23.4 Å². The van der Waals surface area contributed by atoms with Crippen molar-refractivity contribution in [2.45, 2.75) is 58.0 Å². The van der Waals surface area contributed by atoms with Crippen LogP contribution in [0.1, 0.15) is 55.5 Å². The van der Waals surface area contributed by atoms with Crippen LogP contribution in [0.2, 0.25) is 0 Å². The van der Waals surface area contributed by atoms with E-state index in [-0.39, 0.29) is 16.3 Å². The van der Waals surface area contributed by atoms with Crippen molar-refractivity contribution in [3.8, 4) is 5.75 Å². The van der Waals surface area contributed by atoms with Crippen LogP contribution in [0.25, 0.3) is 0 Å². The first-order chi connectivity index (χ1) is 14.0. The van der Waals surface area contributed by atoms with E-state index < -0.39 is 16.1 Å². The molecule has 10 heteroatoms. The number of nitrogens with zero attached hydrogens (tertiary/aromatic N) is 4. The van der Waals surface area contributed by atoms with Gasteiger partial charge in [-0.3, -0.25) is 4.68 Å². The van der Waals surface area contributed by atoms with Crippen LogP contribution in [0.4, 0.5) is 0 Å². The molecule has 2 heterocycles. The molecule has 1 aromatic carbocycles. The van der Waals surface area contributed by atoms with Crippen molar-refractivity contribution in [3.63, 3.8) is 0 Å². The second-order valence-corrected chi connectivity index (χ2v) is 9.70. The number of rotatable bonds is 6. The summed E-state index contributed by atoms with van der Waals surface area (Å²) in [5.41, 5.74) is 1.17. The first-order valence-corrected chi connectivity index (χ1v) is 11.0. The minimum Gasteiger partial charge on any atom is -0.496 e. The highest BCUT2D eigenvalue weighted by Crippen LogP contribution is 2.32. The highest BCUT2D eigenvalue weighted by atomic mass is 32.2. The summed E-state index contributed by atoms with van der Waals surface area (Å²) in [6.45, 7) is 11.0. The molecule has 0 bridgehead atoms. The zero-order chi connectivity index (χ0) is 22.3. The average molecular weight is 434 g/mol. The van der Waals surface area contributed by atoms with Crippen molar-refractivity contribution in [1.82, 2.24) is 24.6 Å². The Labute approximate surface area is 176 Å². The maximum Gasteiger partial charge on any atom is 0.245 e. The van der Waals surface area contributed by atoms with Gasteiger partial charge in [0.15, 0.2) is 5.82 Å². The second-order valence-electron chi connectivity index (χ2n) is 8.05. The third-order valence-corrected chi connectivity index (χ3v) is 6.33. The Balaban J connectivity index is 2.13. The number of sulfonamides is 1. The summed E-state index contributed by atoms with van der Waals surface area (Å²) in [5.74, 6) is 1.03. The predicted octanol–water partition coefficient (Wildman–Crippen LogP) is 3.02. The van der Waals surface area contributed by atoms with Crippen LogP contribution in [0.5, 0.6) is 5.75 Å². The molecule has 3 rings (SSSR count). The molecule has 0 saturated heterocycles. The molecule has 0 amide bonds. The third kappa shape index (κ3) is 4.10. The quantitative estimate of drug-likeness (QED) is 0.636. The Hall–Kier alpha value is -2.72. The number of para-hydroxylation sites is 1. The van der Waals surface area contributed by atoms with Crippen LogP contribution in [-0.2, 0) is 15.6 Å². The molecule has 0 aliphatic rings. The van der Waals surface area contributed by atoms with E-state index in [0.29, 0.717) is 28.6 Å². The Bertz CT molecular complexity index is 1160. The van der Waals surface area contributed by atoms with Gasteiger partial charge in [0.25, 0.3) is 0 Å².